The molecule has 158 valence electrons. The largest absolute Gasteiger partial charge is 0.447 e. The topological polar surface area (TPSA) is 67.9 Å². The summed E-state index contributed by atoms with van der Waals surface area (Å²) in [6.07, 6.45) is 1.14. The van der Waals surface area contributed by atoms with Gasteiger partial charge in [-0.3, -0.25) is 9.69 Å². The van der Waals surface area contributed by atoms with Gasteiger partial charge in [0.15, 0.2) is 0 Å². The highest BCUT2D eigenvalue weighted by Crippen LogP contribution is 2.39. The van der Waals surface area contributed by atoms with Crippen LogP contribution in [0.25, 0.3) is 0 Å². The van der Waals surface area contributed by atoms with E-state index in [1.54, 1.807) is 35.2 Å². The second kappa shape index (κ2) is 8.84. The molecule has 2 aliphatic heterocycles. The van der Waals surface area contributed by atoms with Crippen LogP contribution in [0.15, 0.2) is 42.5 Å². The normalized spacial score (nSPS) is 18.2. The molecule has 4 rings (SSSR count). The van der Waals surface area contributed by atoms with Gasteiger partial charge in [0.05, 0.1) is 6.54 Å². The zero-order chi connectivity index (χ0) is 21.1. The summed E-state index contributed by atoms with van der Waals surface area (Å²) in [4.78, 5) is 26.0. The highest BCUT2D eigenvalue weighted by atomic mass is 35.5. The van der Waals surface area contributed by atoms with Crippen LogP contribution < -0.4 is 10.2 Å². The van der Waals surface area contributed by atoms with Crippen molar-refractivity contribution in [1.82, 2.24) is 5.32 Å². The maximum atomic E-state index is 12.8. The number of carbonyl (C=O) groups is 2. The van der Waals surface area contributed by atoms with Crippen LogP contribution in [-0.2, 0) is 14.9 Å². The van der Waals surface area contributed by atoms with E-state index >= 15 is 0 Å². The molecule has 0 aromatic heterocycles. The molecule has 0 saturated carbocycles. The predicted octanol–water partition coefficient (Wildman–Crippen LogP) is 4.43. The molecular weight excluding hydrogens is 427 g/mol. The lowest BCUT2D eigenvalue weighted by Gasteiger charge is -2.38. The third-order valence-electron chi connectivity index (χ3n) is 5.74. The fourth-order valence-electron chi connectivity index (χ4n) is 4.00. The average Bonchev–Trinajstić information content (AvgIpc) is 3.18. The number of rotatable bonds is 5. The highest BCUT2D eigenvalue weighted by molar-refractivity contribution is 6.35. The lowest BCUT2D eigenvalue weighted by molar-refractivity contribution is 0.0487. The number of ether oxygens (including phenoxy) is 2. The van der Waals surface area contributed by atoms with Crippen LogP contribution >= 0.6 is 23.2 Å². The van der Waals surface area contributed by atoms with E-state index in [1.165, 1.54) is 0 Å². The van der Waals surface area contributed by atoms with Crippen molar-refractivity contribution in [3.05, 3.63) is 63.6 Å². The molecule has 30 heavy (non-hydrogen) atoms. The third-order valence-corrected chi connectivity index (χ3v) is 6.29. The van der Waals surface area contributed by atoms with Crippen LogP contribution in [0.3, 0.4) is 0 Å². The molecule has 0 bridgehead atoms. The Hall–Kier alpha value is -2.28. The quantitative estimate of drug-likeness (QED) is 0.734. The van der Waals surface area contributed by atoms with Crippen LogP contribution in [0.2, 0.25) is 10.0 Å². The van der Waals surface area contributed by atoms with Crippen LogP contribution in [0.1, 0.15) is 28.8 Å². The Morgan fingerprint density at radius 1 is 1.07 bits per heavy atom. The number of carbonyl (C=O) groups excluding carboxylic acids is 2. The molecule has 2 fully saturated rings. The number of amides is 2. The Kier molecular flexibility index (Phi) is 6.18. The van der Waals surface area contributed by atoms with Gasteiger partial charge >= 0.3 is 6.09 Å². The lowest BCUT2D eigenvalue weighted by atomic mass is 9.74. The van der Waals surface area contributed by atoms with Gasteiger partial charge < -0.3 is 14.8 Å². The molecule has 8 heteroatoms. The van der Waals surface area contributed by atoms with Gasteiger partial charge in [-0.1, -0.05) is 29.3 Å². The van der Waals surface area contributed by atoms with Crippen molar-refractivity contribution in [2.45, 2.75) is 18.3 Å². The highest BCUT2D eigenvalue weighted by Gasteiger charge is 2.36. The number of nitrogens with one attached hydrogen (secondary N) is 1. The first-order valence-corrected chi connectivity index (χ1v) is 10.6. The summed E-state index contributed by atoms with van der Waals surface area (Å²) in [6, 6.07) is 12.4. The molecule has 1 N–H and O–H groups in total. The molecule has 0 atom stereocenters. The Bertz CT molecular complexity index is 943. The summed E-state index contributed by atoms with van der Waals surface area (Å²) >= 11 is 12.6. The van der Waals surface area contributed by atoms with E-state index in [2.05, 4.69) is 5.32 Å². The SMILES string of the molecule is O=C(NCC1(c2ccc(Cl)cc2Cl)CCOCC1)c1ccc(N2CCOC2=O)cc1. The van der Waals surface area contributed by atoms with Crippen LogP contribution in [0, 0.1) is 0 Å². The Morgan fingerprint density at radius 2 is 1.80 bits per heavy atom. The van der Waals surface area contributed by atoms with Gasteiger partial charge in [0.2, 0.25) is 0 Å². The zero-order valence-corrected chi connectivity index (χ0v) is 17.8. The number of nitrogens with zero attached hydrogens (tertiary/aromatic N) is 1. The minimum atomic E-state index is -0.367. The minimum absolute atomic E-state index is 0.179. The average molecular weight is 449 g/mol. The third kappa shape index (κ3) is 4.26. The summed E-state index contributed by atoms with van der Waals surface area (Å²) in [5, 5.41) is 4.23. The molecule has 2 heterocycles. The zero-order valence-electron chi connectivity index (χ0n) is 16.3. The molecule has 0 radical (unpaired) electrons. The van der Waals surface area contributed by atoms with Gasteiger partial charge in [-0.15, -0.1) is 0 Å². The summed E-state index contributed by atoms with van der Waals surface area (Å²) in [7, 11) is 0. The lowest BCUT2D eigenvalue weighted by Crippen LogP contribution is -2.44. The molecule has 2 aliphatic rings. The monoisotopic (exact) mass is 448 g/mol. The molecule has 0 aliphatic carbocycles. The van der Waals surface area contributed by atoms with Crippen LogP contribution in [-0.4, -0.2) is 44.9 Å². The molecule has 2 aromatic carbocycles. The number of hydrogen-bond acceptors (Lipinski definition) is 4. The molecular formula is C22H22Cl2N2O4. The van der Waals surface area contributed by atoms with Gasteiger partial charge in [-0.05, 0) is 54.8 Å². The summed E-state index contributed by atoms with van der Waals surface area (Å²) in [6.45, 7) is 2.54. The van der Waals surface area contributed by atoms with Crippen molar-refractivity contribution in [2.75, 3.05) is 37.8 Å². The van der Waals surface area contributed by atoms with E-state index in [1.807, 2.05) is 12.1 Å². The first-order valence-electron chi connectivity index (χ1n) is 9.84. The van der Waals surface area contributed by atoms with E-state index in [-0.39, 0.29) is 17.4 Å². The number of hydrogen-bond donors (Lipinski definition) is 1. The Morgan fingerprint density at radius 3 is 2.43 bits per heavy atom. The van der Waals surface area contributed by atoms with Gasteiger partial charge in [0.1, 0.15) is 6.61 Å². The van der Waals surface area contributed by atoms with Crippen LogP contribution in [0.4, 0.5) is 10.5 Å². The summed E-state index contributed by atoms with van der Waals surface area (Å²) < 4.78 is 10.5. The van der Waals surface area contributed by atoms with Gasteiger partial charge in [-0.25, -0.2) is 4.79 Å². The molecule has 0 unspecified atom stereocenters. The number of cyclic esters (lactones) is 1. The van der Waals surface area contributed by atoms with E-state index in [0.29, 0.717) is 54.2 Å². The number of halogens is 2. The Labute approximate surface area is 185 Å². The van der Waals surface area contributed by atoms with Crippen LogP contribution in [0.5, 0.6) is 0 Å². The van der Waals surface area contributed by atoms with Gasteiger partial charge in [0, 0.05) is 46.5 Å². The van der Waals surface area contributed by atoms with E-state index in [9.17, 15) is 9.59 Å². The first-order chi connectivity index (χ1) is 14.5. The van der Waals surface area contributed by atoms with Crippen molar-refractivity contribution in [2.24, 2.45) is 0 Å². The van der Waals surface area contributed by atoms with Crippen molar-refractivity contribution < 1.29 is 19.1 Å². The fourth-order valence-corrected chi connectivity index (χ4v) is 4.60. The van der Waals surface area contributed by atoms with E-state index in [0.717, 1.165) is 18.4 Å². The molecule has 2 saturated heterocycles. The van der Waals surface area contributed by atoms with E-state index in [4.69, 9.17) is 32.7 Å². The molecule has 2 aromatic rings. The van der Waals surface area contributed by atoms with Crippen molar-refractivity contribution in [1.29, 1.82) is 0 Å². The minimum Gasteiger partial charge on any atom is -0.447 e. The standard InChI is InChI=1S/C22H22Cl2N2O4/c23-16-3-6-18(19(24)13-16)22(7-10-29-11-8-22)14-25-20(27)15-1-4-17(5-2-15)26-9-12-30-21(26)28/h1-6,13H,7-12,14H2,(H,25,27). The van der Waals surface area contributed by atoms with E-state index < -0.39 is 0 Å². The summed E-state index contributed by atoms with van der Waals surface area (Å²) in [5.74, 6) is -0.179. The number of anilines is 1. The number of benzene rings is 2. The maximum absolute atomic E-state index is 12.8. The molecule has 6 nitrogen and oxygen atoms in total. The predicted molar refractivity (Wildman–Crippen MR) is 116 cm³/mol. The second-order valence-corrected chi connectivity index (χ2v) is 8.36. The first kappa shape index (κ1) is 21.0. The maximum Gasteiger partial charge on any atom is 0.414 e. The van der Waals surface area contributed by atoms with Crippen molar-refractivity contribution >= 4 is 40.9 Å². The van der Waals surface area contributed by atoms with Gasteiger partial charge in [-0.2, -0.15) is 0 Å². The molecule has 2 amide bonds. The smallest absolute Gasteiger partial charge is 0.414 e. The Balaban J connectivity index is 1.48. The van der Waals surface area contributed by atoms with Crippen molar-refractivity contribution in [3.63, 3.8) is 0 Å². The summed E-state index contributed by atoms with van der Waals surface area (Å²) in [5.41, 5.74) is 1.90. The van der Waals surface area contributed by atoms with Crippen molar-refractivity contribution in [3.8, 4) is 0 Å². The molecule has 0 spiro atoms. The van der Waals surface area contributed by atoms with Gasteiger partial charge in [0.25, 0.3) is 5.91 Å². The fraction of sp³-hybridized carbons (Fsp3) is 0.364. The second-order valence-electron chi connectivity index (χ2n) is 7.51.